The van der Waals surface area contributed by atoms with Crippen molar-refractivity contribution in [3.05, 3.63) is 94.8 Å². The zero-order valence-corrected chi connectivity index (χ0v) is 19.4. The number of hydrogen-bond donors (Lipinski definition) is 0. The van der Waals surface area contributed by atoms with Crippen molar-refractivity contribution in [3.63, 3.8) is 0 Å². The Labute approximate surface area is 204 Å². The van der Waals surface area contributed by atoms with Gasteiger partial charge in [-0.25, -0.2) is 4.39 Å². The van der Waals surface area contributed by atoms with E-state index >= 15 is 0 Å². The molecule has 0 radical (unpaired) electrons. The third-order valence-corrected chi connectivity index (χ3v) is 7.11. The molecule has 0 N–H and O–H groups in total. The van der Waals surface area contributed by atoms with E-state index in [4.69, 9.17) is 21.7 Å². The smallest absolute Gasteiger partial charge is 0.270 e. The Kier molecular flexibility index (Phi) is 5.12. The van der Waals surface area contributed by atoms with Gasteiger partial charge in [0.05, 0.1) is 17.1 Å². The van der Waals surface area contributed by atoms with Crippen LogP contribution < -0.4 is 14.4 Å². The highest BCUT2D eigenvalue weighted by Crippen LogP contribution is 2.41. The van der Waals surface area contributed by atoms with Crippen LogP contribution in [0.5, 0.6) is 11.5 Å². The molecule has 0 spiro atoms. The van der Waals surface area contributed by atoms with Crippen LogP contribution in [-0.2, 0) is 11.3 Å². The molecule has 0 atom stereocenters. The highest BCUT2D eigenvalue weighted by atomic mass is 32.2. The summed E-state index contributed by atoms with van der Waals surface area (Å²) in [5, 5.41) is 0.979. The highest BCUT2D eigenvalue weighted by Gasteiger charge is 2.34. The number of carbonyl (C=O) groups is 1. The molecule has 0 bridgehead atoms. The standard InChI is InChI=1S/C26H17FN2O3S2/c27-20-7-3-1-5-16(20)13-28-14-17(19-6-2-4-8-21(19)28)11-24-25(30)29(26(33)34-24)18-9-10-22-23(12-18)32-15-31-22/h1-12,14H,13,15H2/b24-11-. The molecule has 0 aliphatic carbocycles. The maximum absolute atomic E-state index is 14.3. The Balaban J connectivity index is 1.36. The monoisotopic (exact) mass is 488 g/mol. The summed E-state index contributed by atoms with van der Waals surface area (Å²) in [6.07, 6.45) is 3.80. The average Bonchev–Trinajstić information content (AvgIpc) is 3.52. The molecule has 4 aromatic rings. The zero-order chi connectivity index (χ0) is 23.2. The number of thiocarbonyl (C=S) groups is 1. The molecule has 1 aromatic heterocycles. The van der Waals surface area contributed by atoms with E-state index < -0.39 is 0 Å². The molecular formula is C26H17FN2O3S2. The lowest BCUT2D eigenvalue weighted by Crippen LogP contribution is -2.27. The molecule has 3 heterocycles. The third kappa shape index (κ3) is 3.55. The predicted octanol–water partition coefficient (Wildman–Crippen LogP) is 5.96. The summed E-state index contributed by atoms with van der Waals surface area (Å²) in [4.78, 5) is 15.4. The van der Waals surface area contributed by atoms with E-state index in [0.29, 0.717) is 38.5 Å². The summed E-state index contributed by atoms with van der Waals surface area (Å²) in [6, 6.07) is 20.0. The number of nitrogens with zero attached hydrogens (tertiary/aromatic N) is 2. The van der Waals surface area contributed by atoms with E-state index in [9.17, 15) is 9.18 Å². The molecule has 5 nitrogen and oxygen atoms in total. The number of halogens is 1. The van der Waals surface area contributed by atoms with Crippen LogP contribution in [0, 0.1) is 5.82 Å². The van der Waals surface area contributed by atoms with E-state index in [1.165, 1.54) is 22.7 Å². The number of para-hydroxylation sites is 1. The van der Waals surface area contributed by atoms with Gasteiger partial charge in [0.2, 0.25) is 6.79 Å². The number of hydrogen-bond acceptors (Lipinski definition) is 5. The molecule has 0 unspecified atom stereocenters. The number of rotatable bonds is 4. The highest BCUT2D eigenvalue weighted by molar-refractivity contribution is 8.27. The summed E-state index contributed by atoms with van der Waals surface area (Å²) in [5.41, 5.74) is 3.07. The first-order valence-corrected chi connectivity index (χ1v) is 11.8. The first kappa shape index (κ1) is 20.9. The summed E-state index contributed by atoms with van der Waals surface area (Å²) >= 11 is 6.79. The van der Waals surface area contributed by atoms with Crippen LogP contribution in [0.15, 0.2) is 77.8 Å². The van der Waals surface area contributed by atoms with Gasteiger partial charge in [0.1, 0.15) is 5.82 Å². The van der Waals surface area contributed by atoms with Crippen LogP contribution in [0.3, 0.4) is 0 Å². The number of thioether (sulfide) groups is 1. The Hall–Kier alpha value is -3.62. The molecular weight excluding hydrogens is 471 g/mol. The van der Waals surface area contributed by atoms with Gasteiger partial charge in [-0.3, -0.25) is 9.69 Å². The van der Waals surface area contributed by atoms with Gasteiger partial charge in [0.15, 0.2) is 15.8 Å². The van der Waals surface area contributed by atoms with Crippen LogP contribution in [0.2, 0.25) is 0 Å². The van der Waals surface area contributed by atoms with Crippen LogP contribution in [0.25, 0.3) is 17.0 Å². The predicted molar refractivity (Wildman–Crippen MR) is 136 cm³/mol. The number of aromatic nitrogens is 1. The number of carbonyl (C=O) groups excluding carboxylic acids is 1. The van der Waals surface area contributed by atoms with E-state index in [0.717, 1.165) is 16.5 Å². The lowest BCUT2D eigenvalue weighted by Gasteiger charge is -2.14. The Morgan fingerprint density at radius 1 is 1.03 bits per heavy atom. The number of fused-ring (bicyclic) bond motifs is 2. The number of amides is 1. The molecule has 1 saturated heterocycles. The van der Waals surface area contributed by atoms with Gasteiger partial charge in [-0.05, 0) is 30.3 Å². The second-order valence-electron chi connectivity index (χ2n) is 7.88. The lowest BCUT2D eigenvalue weighted by atomic mass is 10.1. The average molecular weight is 489 g/mol. The number of ether oxygens (including phenoxy) is 2. The minimum Gasteiger partial charge on any atom is -0.454 e. The Morgan fingerprint density at radius 3 is 2.71 bits per heavy atom. The third-order valence-electron chi connectivity index (χ3n) is 5.81. The zero-order valence-electron chi connectivity index (χ0n) is 17.7. The molecule has 1 fully saturated rings. The summed E-state index contributed by atoms with van der Waals surface area (Å²) in [6.45, 7) is 0.549. The van der Waals surface area contributed by atoms with Crippen molar-refractivity contribution in [2.24, 2.45) is 0 Å². The van der Waals surface area contributed by atoms with Crippen molar-refractivity contribution < 1.29 is 18.7 Å². The largest absolute Gasteiger partial charge is 0.454 e. The SMILES string of the molecule is O=C1/C(=C/c2cn(Cc3ccccc3F)c3ccccc23)SC(=S)N1c1ccc2c(c1)OCO2. The normalized spacial score (nSPS) is 16.3. The fourth-order valence-corrected chi connectivity index (χ4v) is 5.48. The fourth-order valence-electron chi connectivity index (χ4n) is 4.19. The van der Waals surface area contributed by atoms with Gasteiger partial charge in [0, 0.05) is 34.3 Å². The minimum absolute atomic E-state index is 0.161. The van der Waals surface area contributed by atoms with E-state index in [-0.39, 0.29) is 18.5 Å². The van der Waals surface area contributed by atoms with Crippen LogP contribution >= 0.6 is 24.0 Å². The van der Waals surface area contributed by atoms with Gasteiger partial charge in [-0.1, -0.05) is 60.4 Å². The van der Waals surface area contributed by atoms with Crippen LogP contribution in [0.1, 0.15) is 11.1 Å². The molecule has 6 rings (SSSR count). The molecule has 34 heavy (non-hydrogen) atoms. The Morgan fingerprint density at radius 2 is 1.82 bits per heavy atom. The molecule has 2 aliphatic rings. The molecule has 2 aliphatic heterocycles. The second-order valence-corrected chi connectivity index (χ2v) is 9.55. The van der Waals surface area contributed by atoms with Gasteiger partial charge in [0.25, 0.3) is 5.91 Å². The maximum Gasteiger partial charge on any atom is 0.270 e. The number of anilines is 1. The van der Waals surface area contributed by atoms with Crippen molar-refractivity contribution in [3.8, 4) is 11.5 Å². The van der Waals surface area contributed by atoms with Crippen molar-refractivity contribution in [2.45, 2.75) is 6.54 Å². The molecule has 0 saturated carbocycles. The minimum atomic E-state index is -0.244. The van der Waals surface area contributed by atoms with Gasteiger partial charge >= 0.3 is 0 Å². The van der Waals surface area contributed by atoms with Gasteiger partial charge in [-0.15, -0.1) is 0 Å². The topological polar surface area (TPSA) is 43.7 Å². The first-order valence-electron chi connectivity index (χ1n) is 10.6. The second kappa shape index (κ2) is 8.30. The summed E-state index contributed by atoms with van der Waals surface area (Å²) in [5.74, 6) is 0.797. The first-order chi connectivity index (χ1) is 16.6. The van der Waals surface area contributed by atoms with Crippen molar-refractivity contribution in [1.82, 2.24) is 4.57 Å². The fraction of sp³-hybridized carbons (Fsp3) is 0.0769. The number of benzene rings is 3. The molecule has 1 amide bonds. The van der Waals surface area contributed by atoms with E-state index in [1.807, 2.05) is 47.2 Å². The lowest BCUT2D eigenvalue weighted by molar-refractivity contribution is -0.113. The Bertz CT molecular complexity index is 1510. The van der Waals surface area contributed by atoms with Crippen molar-refractivity contribution >= 4 is 56.9 Å². The quantitative estimate of drug-likeness (QED) is 0.262. The van der Waals surface area contributed by atoms with Crippen molar-refractivity contribution in [1.29, 1.82) is 0 Å². The maximum atomic E-state index is 14.3. The van der Waals surface area contributed by atoms with Crippen molar-refractivity contribution in [2.75, 3.05) is 11.7 Å². The van der Waals surface area contributed by atoms with Gasteiger partial charge < -0.3 is 14.0 Å². The summed E-state index contributed by atoms with van der Waals surface area (Å²) < 4.78 is 27.5. The molecule has 3 aromatic carbocycles. The van der Waals surface area contributed by atoms with Crippen LogP contribution in [-0.4, -0.2) is 21.6 Å². The van der Waals surface area contributed by atoms with Crippen LogP contribution in [0.4, 0.5) is 10.1 Å². The summed E-state index contributed by atoms with van der Waals surface area (Å²) in [7, 11) is 0. The van der Waals surface area contributed by atoms with E-state index in [1.54, 1.807) is 30.3 Å². The van der Waals surface area contributed by atoms with E-state index in [2.05, 4.69) is 0 Å². The molecule has 168 valence electrons. The molecule has 8 heteroatoms. The van der Waals surface area contributed by atoms with Gasteiger partial charge in [-0.2, -0.15) is 0 Å².